The number of carbonyl (C=O) groups is 3. The summed E-state index contributed by atoms with van der Waals surface area (Å²) < 4.78 is 28.5. The largest absolute Gasteiger partial charge is 0.508 e. The molecule has 0 radical (unpaired) electrons. The SMILES string of the molecule is C/C(=C\CO)CO[C@@H]1O[C@H](COC(=O)Cc2ccc(O)c(O)c2)[C@@H](O)[C@H](OC(=O)Cc2ccc(O)cc2)[C@H]1OC(=O)Cc1ccc(O)c(O)c1. The number of hydrogen-bond acceptors (Lipinski definition) is 15. The van der Waals surface area contributed by atoms with Crippen molar-refractivity contribution < 1.29 is 73.8 Å². The van der Waals surface area contributed by atoms with Crippen LogP contribution in [-0.2, 0) is 57.3 Å². The topological polar surface area (TPSA) is 239 Å². The lowest BCUT2D eigenvalue weighted by molar-refractivity contribution is -0.305. The van der Waals surface area contributed by atoms with Crippen molar-refractivity contribution in [1.29, 1.82) is 0 Å². The van der Waals surface area contributed by atoms with Gasteiger partial charge in [0, 0.05) is 0 Å². The van der Waals surface area contributed by atoms with Crippen LogP contribution in [0.2, 0.25) is 0 Å². The molecule has 5 atom stereocenters. The van der Waals surface area contributed by atoms with Gasteiger partial charge in [-0.15, -0.1) is 0 Å². The van der Waals surface area contributed by atoms with Gasteiger partial charge in [-0.25, -0.2) is 0 Å². The van der Waals surface area contributed by atoms with E-state index in [-0.39, 0.29) is 43.1 Å². The van der Waals surface area contributed by atoms with Crippen LogP contribution < -0.4 is 0 Å². The Labute approximate surface area is 286 Å². The van der Waals surface area contributed by atoms with Crippen LogP contribution >= 0.6 is 0 Å². The maximum atomic E-state index is 13.2. The molecule has 1 aliphatic heterocycles. The smallest absolute Gasteiger partial charge is 0.310 e. The molecule has 1 fully saturated rings. The first-order chi connectivity index (χ1) is 23.8. The van der Waals surface area contributed by atoms with Crippen LogP contribution in [0.4, 0.5) is 0 Å². The van der Waals surface area contributed by atoms with E-state index < -0.39 is 78.9 Å². The van der Waals surface area contributed by atoms with Crippen molar-refractivity contribution in [3.63, 3.8) is 0 Å². The molecule has 7 N–H and O–H groups in total. The van der Waals surface area contributed by atoms with Gasteiger partial charge in [0.15, 0.2) is 41.5 Å². The number of phenolic OH excluding ortho intramolecular Hbond substituents is 5. The zero-order chi connectivity index (χ0) is 36.4. The first-order valence-corrected chi connectivity index (χ1v) is 15.4. The third-order valence-corrected chi connectivity index (χ3v) is 7.54. The van der Waals surface area contributed by atoms with E-state index in [1.54, 1.807) is 6.92 Å². The monoisotopic (exact) mass is 698 g/mol. The molecule has 0 spiro atoms. The Morgan fingerprint density at radius 2 is 1.24 bits per heavy atom. The van der Waals surface area contributed by atoms with Gasteiger partial charge in [-0.2, -0.15) is 0 Å². The van der Waals surface area contributed by atoms with E-state index >= 15 is 0 Å². The Morgan fingerprint density at radius 1 is 0.720 bits per heavy atom. The number of aromatic hydroxyl groups is 5. The standard InChI is InChI=1S/C35H38O15/c1-19(10-11-36)17-47-35-34(50-31(44)16-22-5-9-25(39)27(41)13-22)33(49-30(43)14-20-2-6-23(37)7-3-20)32(45)28(48-35)18-46-29(42)15-21-4-8-24(38)26(40)12-21/h2-10,12-13,28,32-41,45H,11,14-18H2,1H3/b19-10+/t28-,32-,33+,34-,35-/m1/s1. The van der Waals surface area contributed by atoms with Crippen molar-refractivity contribution in [3.05, 3.63) is 89.0 Å². The summed E-state index contributed by atoms with van der Waals surface area (Å²) in [6.07, 6.45) is -7.44. The molecule has 0 amide bonds. The minimum absolute atomic E-state index is 0.0268. The summed E-state index contributed by atoms with van der Waals surface area (Å²) in [5, 5.41) is 69.0. The van der Waals surface area contributed by atoms with Gasteiger partial charge in [0.05, 0.1) is 32.5 Å². The predicted octanol–water partition coefficient (Wildman–Crippen LogP) is 1.65. The number of aliphatic hydroxyl groups is 2. The molecule has 1 heterocycles. The van der Waals surface area contributed by atoms with Crippen molar-refractivity contribution in [1.82, 2.24) is 0 Å². The Bertz CT molecular complexity index is 1670. The summed E-state index contributed by atoms with van der Waals surface area (Å²) in [5.74, 6) is -4.28. The Hall–Kier alpha value is -5.35. The summed E-state index contributed by atoms with van der Waals surface area (Å²) in [5.41, 5.74) is 1.58. The molecule has 50 heavy (non-hydrogen) atoms. The molecule has 4 rings (SSSR count). The Kier molecular flexibility index (Phi) is 13.0. The molecular weight excluding hydrogens is 660 g/mol. The summed E-state index contributed by atoms with van der Waals surface area (Å²) >= 11 is 0. The fourth-order valence-electron chi connectivity index (χ4n) is 4.94. The van der Waals surface area contributed by atoms with Crippen LogP contribution in [0.15, 0.2) is 72.3 Å². The number of rotatable bonds is 14. The highest BCUT2D eigenvalue weighted by atomic mass is 16.7. The second kappa shape index (κ2) is 17.3. The van der Waals surface area contributed by atoms with Crippen molar-refractivity contribution in [2.24, 2.45) is 0 Å². The number of benzene rings is 3. The van der Waals surface area contributed by atoms with Gasteiger partial charge >= 0.3 is 17.9 Å². The molecule has 0 unspecified atom stereocenters. The van der Waals surface area contributed by atoms with Gasteiger partial charge in [0.1, 0.15) is 24.6 Å². The highest BCUT2D eigenvalue weighted by Crippen LogP contribution is 2.30. The lowest BCUT2D eigenvalue weighted by Gasteiger charge is -2.43. The van der Waals surface area contributed by atoms with Gasteiger partial charge < -0.3 is 59.4 Å². The molecule has 0 aliphatic carbocycles. The molecule has 15 nitrogen and oxygen atoms in total. The van der Waals surface area contributed by atoms with Gasteiger partial charge in [0.25, 0.3) is 0 Å². The number of esters is 3. The summed E-state index contributed by atoms with van der Waals surface area (Å²) in [4.78, 5) is 39.0. The molecule has 0 bridgehead atoms. The van der Waals surface area contributed by atoms with Crippen molar-refractivity contribution >= 4 is 17.9 Å². The van der Waals surface area contributed by atoms with Crippen LogP contribution in [0.3, 0.4) is 0 Å². The molecule has 15 heteroatoms. The third-order valence-electron chi connectivity index (χ3n) is 7.54. The number of phenols is 5. The highest BCUT2D eigenvalue weighted by molar-refractivity contribution is 5.74. The van der Waals surface area contributed by atoms with E-state index in [0.717, 1.165) is 6.07 Å². The van der Waals surface area contributed by atoms with Crippen LogP contribution in [0.25, 0.3) is 0 Å². The molecule has 0 aromatic heterocycles. The van der Waals surface area contributed by atoms with Crippen molar-refractivity contribution in [3.8, 4) is 28.7 Å². The number of carbonyl (C=O) groups excluding carboxylic acids is 3. The molecule has 268 valence electrons. The number of ether oxygens (including phenoxy) is 5. The normalized spacial score (nSPS) is 20.5. The fourth-order valence-corrected chi connectivity index (χ4v) is 4.94. The predicted molar refractivity (Wildman–Crippen MR) is 171 cm³/mol. The minimum atomic E-state index is -1.74. The summed E-state index contributed by atoms with van der Waals surface area (Å²) in [6, 6.07) is 13.2. The average molecular weight is 699 g/mol. The highest BCUT2D eigenvalue weighted by Gasteiger charge is 2.51. The van der Waals surface area contributed by atoms with Gasteiger partial charge in [-0.05, 0) is 65.6 Å². The summed E-state index contributed by atoms with van der Waals surface area (Å²) in [7, 11) is 0. The van der Waals surface area contributed by atoms with E-state index in [4.69, 9.17) is 23.7 Å². The first kappa shape index (κ1) is 37.5. The number of hydrogen-bond donors (Lipinski definition) is 7. The zero-order valence-electron chi connectivity index (χ0n) is 26.9. The Balaban J connectivity index is 1.58. The minimum Gasteiger partial charge on any atom is -0.508 e. The van der Waals surface area contributed by atoms with E-state index in [1.807, 2.05) is 0 Å². The molecule has 3 aromatic rings. The first-order valence-electron chi connectivity index (χ1n) is 15.4. The lowest BCUT2D eigenvalue weighted by Crippen LogP contribution is -2.62. The van der Waals surface area contributed by atoms with Crippen LogP contribution in [0, 0.1) is 0 Å². The van der Waals surface area contributed by atoms with E-state index in [1.165, 1.54) is 60.7 Å². The Morgan fingerprint density at radius 3 is 1.80 bits per heavy atom. The van der Waals surface area contributed by atoms with Crippen molar-refractivity contribution in [2.75, 3.05) is 19.8 Å². The van der Waals surface area contributed by atoms with E-state index in [2.05, 4.69) is 0 Å². The fraction of sp³-hybridized carbons (Fsp3) is 0.343. The molecule has 3 aromatic carbocycles. The quantitative estimate of drug-likeness (QED) is 0.0548. The van der Waals surface area contributed by atoms with Crippen molar-refractivity contribution in [2.45, 2.75) is 56.9 Å². The maximum absolute atomic E-state index is 13.2. The molecule has 1 saturated heterocycles. The summed E-state index contributed by atoms with van der Waals surface area (Å²) in [6.45, 7) is 0.606. The molecule has 0 saturated carbocycles. The van der Waals surface area contributed by atoms with Gasteiger partial charge in [-0.3, -0.25) is 14.4 Å². The second-order valence-corrected chi connectivity index (χ2v) is 11.5. The van der Waals surface area contributed by atoms with Gasteiger partial charge in [-0.1, -0.05) is 30.3 Å². The molecular formula is C35H38O15. The zero-order valence-corrected chi connectivity index (χ0v) is 26.9. The van der Waals surface area contributed by atoms with E-state index in [0.29, 0.717) is 16.7 Å². The number of aliphatic hydroxyl groups excluding tert-OH is 2. The maximum Gasteiger partial charge on any atom is 0.310 e. The van der Waals surface area contributed by atoms with Crippen LogP contribution in [-0.4, -0.2) is 104 Å². The van der Waals surface area contributed by atoms with Gasteiger partial charge in [0.2, 0.25) is 0 Å². The van der Waals surface area contributed by atoms with Crippen LogP contribution in [0.5, 0.6) is 28.7 Å². The molecule has 1 aliphatic rings. The average Bonchev–Trinajstić information content (AvgIpc) is 3.06. The van der Waals surface area contributed by atoms with E-state index in [9.17, 15) is 50.1 Å². The second-order valence-electron chi connectivity index (χ2n) is 11.5. The lowest BCUT2D eigenvalue weighted by atomic mass is 9.98. The van der Waals surface area contributed by atoms with Crippen LogP contribution in [0.1, 0.15) is 23.6 Å². The third kappa shape index (κ3) is 10.6.